The van der Waals surface area contributed by atoms with Crippen molar-refractivity contribution in [3.05, 3.63) is 65.7 Å². The van der Waals surface area contributed by atoms with E-state index in [1.54, 1.807) is 0 Å². The molecule has 0 saturated carbocycles. The average molecular weight is 337 g/mol. The first-order valence-corrected chi connectivity index (χ1v) is 9.00. The first-order chi connectivity index (χ1) is 12.1. The lowest BCUT2D eigenvalue weighted by molar-refractivity contribution is -0.133. The van der Waals surface area contributed by atoms with E-state index in [4.69, 9.17) is 0 Å². The van der Waals surface area contributed by atoms with E-state index in [2.05, 4.69) is 53.5 Å². The first kappa shape index (κ1) is 17.5. The number of nitrogens with zero attached hydrogens (tertiary/aromatic N) is 2. The predicted octanol–water partition coefficient (Wildman–Crippen LogP) is 3.14. The number of carbonyl (C=O) groups is 1. The van der Waals surface area contributed by atoms with Crippen molar-refractivity contribution in [2.75, 3.05) is 31.5 Å². The number of anilines is 1. The van der Waals surface area contributed by atoms with Crippen LogP contribution in [-0.4, -0.2) is 47.9 Å². The topological polar surface area (TPSA) is 35.6 Å². The summed E-state index contributed by atoms with van der Waals surface area (Å²) in [5.41, 5.74) is 3.53. The molecule has 2 aromatic carbocycles. The molecule has 4 nitrogen and oxygen atoms in total. The van der Waals surface area contributed by atoms with Crippen LogP contribution in [0.25, 0.3) is 0 Å². The summed E-state index contributed by atoms with van der Waals surface area (Å²) in [6.07, 6.45) is 0. The Morgan fingerprint density at radius 2 is 1.76 bits per heavy atom. The molecule has 2 aromatic rings. The van der Waals surface area contributed by atoms with Gasteiger partial charge in [-0.25, -0.2) is 0 Å². The van der Waals surface area contributed by atoms with Crippen LogP contribution in [0.5, 0.6) is 0 Å². The fourth-order valence-electron chi connectivity index (χ4n) is 3.29. The molecule has 0 radical (unpaired) electrons. The third-order valence-corrected chi connectivity index (χ3v) is 4.70. The summed E-state index contributed by atoms with van der Waals surface area (Å²) in [4.78, 5) is 17.1. The van der Waals surface area contributed by atoms with Gasteiger partial charge in [0.1, 0.15) is 6.04 Å². The van der Waals surface area contributed by atoms with Crippen molar-refractivity contribution in [3.8, 4) is 0 Å². The van der Waals surface area contributed by atoms with Gasteiger partial charge in [0.25, 0.3) is 0 Å². The Kier molecular flexibility index (Phi) is 5.71. The second kappa shape index (κ2) is 8.17. The number of nitrogens with one attached hydrogen (secondary N) is 1. The van der Waals surface area contributed by atoms with E-state index in [0.29, 0.717) is 0 Å². The smallest absolute Gasteiger partial charge is 0.244 e. The second-order valence-corrected chi connectivity index (χ2v) is 6.82. The van der Waals surface area contributed by atoms with Crippen LogP contribution in [0.1, 0.15) is 18.1 Å². The van der Waals surface area contributed by atoms with Crippen LogP contribution in [0.3, 0.4) is 0 Å². The van der Waals surface area contributed by atoms with Crippen LogP contribution in [0.15, 0.2) is 54.6 Å². The van der Waals surface area contributed by atoms with Gasteiger partial charge in [0.2, 0.25) is 5.91 Å². The van der Waals surface area contributed by atoms with Crippen LogP contribution in [0.2, 0.25) is 0 Å². The summed E-state index contributed by atoms with van der Waals surface area (Å²) in [6, 6.07) is 18.5. The Hall–Kier alpha value is -2.33. The molecule has 1 saturated heterocycles. The van der Waals surface area contributed by atoms with E-state index in [1.807, 2.05) is 30.0 Å². The fourth-order valence-corrected chi connectivity index (χ4v) is 3.29. The van der Waals surface area contributed by atoms with E-state index in [0.717, 1.165) is 38.4 Å². The molecule has 4 heteroatoms. The Bertz CT molecular complexity index is 693. The number of carbonyl (C=O) groups excluding carboxylic acids is 1. The van der Waals surface area contributed by atoms with Crippen LogP contribution in [0.4, 0.5) is 5.69 Å². The summed E-state index contributed by atoms with van der Waals surface area (Å²) in [7, 11) is 0. The SMILES string of the molecule is Cc1cccc(N[C@H](C)C(=O)N2CCN(Cc3ccccc3)CC2)c1. The molecule has 1 aliphatic heterocycles. The maximum absolute atomic E-state index is 12.7. The van der Waals surface area contributed by atoms with Gasteiger partial charge in [0.15, 0.2) is 0 Å². The quantitative estimate of drug-likeness (QED) is 0.910. The lowest BCUT2D eigenvalue weighted by atomic mass is 10.1. The molecule has 1 fully saturated rings. The molecule has 0 unspecified atom stereocenters. The highest BCUT2D eigenvalue weighted by molar-refractivity contribution is 5.84. The zero-order valence-electron chi connectivity index (χ0n) is 15.1. The number of amides is 1. The van der Waals surface area contributed by atoms with Crippen LogP contribution in [-0.2, 0) is 11.3 Å². The number of aryl methyl sites for hydroxylation is 1. The molecule has 132 valence electrons. The molecule has 0 aliphatic carbocycles. The van der Waals surface area contributed by atoms with E-state index < -0.39 is 0 Å². The molecule has 1 atom stereocenters. The van der Waals surface area contributed by atoms with Gasteiger partial charge < -0.3 is 10.2 Å². The Morgan fingerprint density at radius 1 is 1.04 bits per heavy atom. The molecule has 0 bridgehead atoms. The third-order valence-electron chi connectivity index (χ3n) is 4.70. The van der Waals surface area contributed by atoms with Crippen LogP contribution < -0.4 is 5.32 Å². The van der Waals surface area contributed by atoms with Crippen molar-refractivity contribution in [3.63, 3.8) is 0 Å². The lowest BCUT2D eigenvalue weighted by Gasteiger charge is -2.36. The summed E-state index contributed by atoms with van der Waals surface area (Å²) in [6.45, 7) is 8.41. The molecular formula is C21H27N3O. The molecule has 0 aromatic heterocycles. The Labute approximate surface area is 150 Å². The number of rotatable bonds is 5. The largest absolute Gasteiger partial charge is 0.374 e. The minimum atomic E-state index is -0.206. The average Bonchev–Trinajstić information content (AvgIpc) is 2.62. The zero-order valence-corrected chi connectivity index (χ0v) is 15.1. The van der Waals surface area contributed by atoms with Crippen molar-refractivity contribution in [1.82, 2.24) is 9.80 Å². The van der Waals surface area contributed by atoms with Gasteiger partial charge in [-0.15, -0.1) is 0 Å². The number of hydrogen-bond donors (Lipinski definition) is 1. The van der Waals surface area contributed by atoms with Crippen molar-refractivity contribution >= 4 is 11.6 Å². The van der Waals surface area contributed by atoms with Gasteiger partial charge in [0, 0.05) is 38.4 Å². The fraction of sp³-hybridized carbons (Fsp3) is 0.381. The summed E-state index contributed by atoms with van der Waals surface area (Å²) >= 11 is 0. The van der Waals surface area contributed by atoms with E-state index in [1.165, 1.54) is 11.1 Å². The van der Waals surface area contributed by atoms with Gasteiger partial charge in [-0.05, 0) is 37.1 Å². The monoisotopic (exact) mass is 337 g/mol. The number of hydrogen-bond acceptors (Lipinski definition) is 3. The van der Waals surface area contributed by atoms with Crippen molar-refractivity contribution < 1.29 is 4.79 Å². The van der Waals surface area contributed by atoms with Crippen molar-refractivity contribution in [2.24, 2.45) is 0 Å². The van der Waals surface area contributed by atoms with Crippen molar-refractivity contribution in [1.29, 1.82) is 0 Å². The highest BCUT2D eigenvalue weighted by Crippen LogP contribution is 2.13. The molecular weight excluding hydrogens is 310 g/mol. The lowest BCUT2D eigenvalue weighted by Crippen LogP contribution is -2.51. The minimum Gasteiger partial charge on any atom is -0.374 e. The molecule has 0 spiro atoms. The molecule has 3 rings (SSSR count). The maximum Gasteiger partial charge on any atom is 0.244 e. The summed E-state index contributed by atoms with van der Waals surface area (Å²) < 4.78 is 0. The van der Waals surface area contributed by atoms with E-state index in [9.17, 15) is 4.79 Å². The highest BCUT2D eigenvalue weighted by Gasteiger charge is 2.24. The number of piperazine rings is 1. The Morgan fingerprint density at radius 3 is 2.44 bits per heavy atom. The van der Waals surface area contributed by atoms with Crippen molar-refractivity contribution in [2.45, 2.75) is 26.4 Å². The predicted molar refractivity (Wildman–Crippen MR) is 103 cm³/mol. The molecule has 25 heavy (non-hydrogen) atoms. The molecule has 1 aliphatic rings. The summed E-state index contributed by atoms with van der Waals surface area (Å²) in [5, 5.41) is 3.33. The van der Waals surface area contributed by atoms with Gasteiger partial charge in [-0.2, -0.15) is 0 Å². The second-order valence-electron chi connectivity index (χ2n) is 6.82. The van der Waals surface area contributed by atoms with E-state index in [-0.39, 0.29) is 11.9 Å². The van der Waals surface area contributed by atoms with E-state index >= 15 is 0 Å². The highest BCUT2D eigenvalue weighted by atomic mass is 16.2. The molecule has 1 heterocycles. The van der Waals surface area contributed by atoms with Crippen LogP contribution in [0, 0.1) is 6.92 Å². The van der Waals surface area contributed by atoms with Gasteiger partial charge in [0.05, 0.1) is 0 Å². The third kappa shape index (κ3) is 4.83. The maximum atomic E-state index is 12.7. The summed E-state index contributed by atoms with van der Waals surface area (Å²) in [5.74, 6) is 0.181. The van der Waals surface area contributed by atoms with Gasteiger partial charge in [-0.1, -0.05) is 42.5 Å². The van der Waals surface area contributed by atoms with Crippen LogP contribution >= 0.6 is 0 Å². The van der Waals surface area contributed by atoms with Gasteiger partial charge in [-0.3, -0.25) is 9.69 Å². The molecule has 1 amide bonds. The van der Waals surface area contributed by atoms with Gasteiger partial charge >= 0.3 is 0 Å². The number of benzene rings is 2. The normalized spacial score (nSPS) is 16.5. The standard InChI is InChI=1S/C21H27N3O/c1-17-7-6-10-20(15-17)22-18(2)21(25)24-13-11-23(12-14-24)16-19-8-4-3-5-9-19/h3-10,15,18,22H,11-14,16H2,1-2H3/t18-/m1/s1. The Balaban J connectivity index is 1.49. The molecule has 1 N–H and O–H groups in total. The minimum absolute atomic E-state index is 0.181. The zero-order chi connectivity index (χ0) is 17.6. The first-order valence-electron chi connectivity index (χ1n) is 9.00.